The van der Waals surface area contributed by atoms with Crippen LogP contribution in [0.2, 0.25) is 0 Å². The molecule has 0 bridgehead atoms. The van der Waals surface area contributed by atoms with Crippen molar-refractivity contribution < 1.29 is 18.0 Å². The lowest BCUT2D eigenvalue weighted by atomic mass is 9.91. The number of benzene rings is 1. The predicted molar refractivity (Wildman–Crippen MR) is 109 cm³/mol. The molecule has 0 spiro atoms. The van der Waals surface area contributed by atoms with Gasteiger partial charge in [-0.15, -0.1) is 0 Å². The summed E-state index contributed by atoms with van der Waals surface area (Å²) in [6, 6.07) is 6.51. The first-order chi connectivity index (χ1) is 13.4. The van der Waals surface area contributed by atoms with Crippen LogP contribution < -0.4 is 0 Å². The molecule has 0 saturated carbocycles. The van der Waals surface area contributed by atoms with Crippen LogP contribution in [0.25, 0.3) is 0 Å². The lowest BCUT2D eigenvalue weighted by Crippen LogP contribution is -2.41. The number of sulfonamides is 1. The van der Waals surface area contributed by atoms with E-state index in [2.05, 4.69) is 0 Å². The average molecular weight is 405 g/mol. The summed E-state index contributed by atoms with van der Waals surface area (Å²) in [6.07, 6.45) is 5.38. The zero-order chi connectivity index (χ0) is 20.3. The van der Waals surface area contributed by atoms with Crippen molar-refractivity contribution in [3.05, 3.63) is 46.0 Å². The molecule has 28 heavy (non-hydrogen) atoms. The van der Waals surface area contributed by atoms with Crippen LogP contribution in [0.1, 0.15) is 66.2 Å². The summed E-state index contributed by atoms with van der Waals surface area (Å²) in [7, 11) is -2.59. The van der Waals surface area contributed by atoms with Crippen molar-refractivity contribution >= 4 is 21.6 Å². The van der Waals surface area contributed by atoms with Crippen LogP contribution >= 0.6 is 0 Å². The van der Waals surface area contributed by atoms with E-state index in [0.717, 1.165) is 32.1 Å². The number of ketones is 2. The van der Waals surface area contributed by atoms with E-state index >= 15 is 0 Å². The van der Waals surface area contributed by atoms with Crippen molar-refractivity contribution in [1.29, 1.82) is 0 Å². The van der Waals surface area contributed by atoms with Crippen molar-refractivity contribution in [2.24, 2.45) is 0 Å². The van der Waals surface area contributed by atoms with Crippen molar-refractivity contribution in [2.75, 3.05) is 26.7 Å². The van der Waals surface area contributed by atoms with E-state index in [1.807, 2.05) is 11.8 Å². The number of rotatable bonds is 6. The van der Waals surface area contributed by atoms with Crippen molar-refractivity contribution in [1.82, 2.24) is 9.21 Å². The van der Waals surface area contributed by atoms with Crippen molar-refractivity contribution in [3.63, 3.8) is 0 Å². The van der Waals surface area contributed by atoms with E-state index in [-0.39, 0.29) is 21.9 Å². The summed E-state index contributed by atoms with van der Waals surface area (Å²) >= 11 is 0. The largest absolute Gasteiger partial charge is 0.367 e. The molecular weight excluding hydrogens is 376 g/mol. The first-order valence-electron chi connectivity index (χ1n) is 10.0. The Kier molecular flexibility index (Phi) is 6.35. The lowest BCUT2D eigenvalue weighted by molar-refractivity contribution is 0.0946. The molecule has 1 saturated heterocycles. The summed E-state index contributed by atoms with van der Waals surface area (Å²) in [4.78, 5) is 28.1. The predicted octanol–water partition coefficient (Wildman–Crippen LogP) is 3.21. The molecule has 3 rings (SSSR count). The molecule has 1 fully saturated rings. The number of carbonyl (C=O) groups is 2. The van der Waals surface area contributed by atoms with Gasteiger partial charge in [0.05, 0.1) is 0 Å². The molecule has 1 aromatic carbocycles. The van der Waals surface area contributed by atoms with Crippen LogP contribution in [-0.2, 0) is 10.0 Å². The molecule has 152 valence electrons. The highest BCUT2D eigenvalue weighted by atomic mass is 32.2. The van der Waals surface area contributed by atoms with Crippen LogP contribution in [-0.4, -0.2) is 55.9 Å². The molecule has 0 atom stereocenters. The normalized spacial score (nSPS) is 18.5. The summed E-state index contributed by atoms with van der Waals surface area (Å²) in [6.45, 7) is 3.48. The summed E-state index contributed by atoms with van der Waals surface area (Å²) < 4.78 is 27.9. The molecular formula is C21H28N2O4S. The van der Waals surface area contributed by atoms with Crippen LogP contribution in [0.15, 0.2) is 34.9 Å². The van der Waals surface area contributed by atoms with E-state index in [4.69, 9.17) is 0 Å². The lowest BCUT2D eigenvalue weighted by Gasteiger charge is -2.31. The van der Waals surface area contributed by atoms with Gasteiger partial charge >= 0.3 is 0 Å². The zero-order valence-electron chi connectivity index (χ0n) is 16.6. The monoisotopic (exact) mass is 404 g/mol. The highest BCUT2D eigenvalue weighted by molar-refractivity contribution is 7.94. The van der Waals surface area contributed by atoms with Crippen LogP contribution in [0, 0.1) is 0 Å². The number of nitrogens with zero attached hydrogens (tertiary/aromatic N) is 2. The Morgan fingerprint density at radius 2 is 1.54 bits per heavy atom. The summed E-state index contributed by atoms with van der Waals surface area (Å²) in [5.41, 5.74) is 0.532. The average Bonchev–Trinajstić information content (AvgIpc) is 2.97. The summed E-state index contributed by atoms with van der Waals surface area (Å²) in [5, 5.41) is 0. The maximum Gasteiger partial charge on any atom is 0.248 e. The van der Waals surface area contributed by atoms with Gasteiger partial charge in [0.1, 0.15) is 5.70 Å². The molecule has 1 aromatic rings. The first-order valence-corrected chi connectivity index (χ1v) is 11.5. The Labute approximate surface area is 167 Å². The van der Waals surface area contributed by atoms with Gasteiger partial charge in [-0.05, 0) is 19.3 Å². The Balaban J connectivity index is 2.17. The number of hydrogen-bond donors (Lipinski definition) is 0. The van der Waals surface area contributed by atoms with Crippen LogP contribution in [0.4, 0.5) is 0 Å². The molecule has 0 aromatic heterocycles. The fourth-order valence-electron chi connectivity index (χ4n) is 3.82. The van der Waals surface area contributed by atoms with Crippen molar-refractivity contribution in [3.8, 4) is 0 Å². The van der Waals surface area contributed by atoms with E-state index < -0.39 is 15.8 Å². The van der Waals surface area contributed by atoms with Gasteiger partial charge in [-0.1, -0.05) is 50.5 Å². The quantitative estimate of drug-likeness (QED) is 0.728. The number of fused-ring (bicyclic) bond motifs is 1. The second-order valence-corrected chi connectivity index (χ2v) is 9.44. The number of likely N-dealkylation sites (tertiary alicyclic amines) is 1. The Hall–Kier alpha value is -1.99. The molecule has 1 heterocycles. The maximum absolute atomic E-state index is 13.4. The van der Waals surface area contributed by atoms with Gasteiger partial charge in [0.15, 0.2) is 4.91 Å². The second kappa shape index (κ2) is 8.57. The number of hydrogen-bond acceptors (Lipinski definition) is 5. The number of allylic oxidation sites excluding steroid dienone is 2. The number of Topliss-reactive ketones (excluding diaryl/α,β-unsaturated/α-hetero) is 2. The third kappa shape index (κ3) is 3.78. The Bertz CT molecular complexity index is 897. The van der Waals surface area contributed by atoms with E-state index in [1.165, 1.54) is 17.4 Å². The van der Waals surface area contributed by atoms with Gasteiger partial charge in [0.2, 0.25) is 21.6 Å². The molecule has 2 aliphatic rings. The smallest absolute Gasteiger partial charge is 0.248 e. The maximum atomic E-state index is 13.4. The minimum absolute atomic E-state index is 0.0638. The van der Waals surface area contributed by atoms with E-state index in [0.29, 0.717) is 31.6 Å². The number of carbonyl (C=O) groups excluding carboxylic acids is 2. The minimum atomic E-state index is -4.07. The molecule has 0 unspecified atom stereocenters. The molecule has 0 radical (unpaired) electrons. The fraction of sp³-hybridized carbons (Fsp3) is 0.524. The van der Waals surface area contributed by atoms with Crippen LogP contribution in [0.5, 0.6) is 0 Å². The molecule has 0 amide bonds. The molecule has 1 aliphatic carbocycles. The number of unbranched alkanes of at least 4 members (excludes halogenated alkanes) is 1. The standard InChI is InChI=1S/C21H28N2O4S/c1-3-4-13-22(2)28(26,27)21-18(23-14-9-5-6-10-15-23)19(24)16-11-7-8-12-17(16)20(21)25/h7-8,11-12H,3-6,9-10,13-15H2,1-2H3. The highest BCUT2D eigenvalue weighted by Crippen LogP contribution is 2.33. The van der Waals surface area contributed by atoms with Crippen LogP contribution in [0.3, 0.4) is 0 Å². The van der Waals surface area contributed by atoms with Crippen molar-refractivity contribution in [2.45, 2.75) is 45.4 Å². The third-order valence-electron chi connectivity index (χ3n) is 5.47. The first kappa shape index (κ1) is 20.7. The van der Waals surface area contributed by atoms with Gasteiger partial charge in [-0.25, -0.2) is 12.7 Å². The Morgan fingerprint density at radius 3 is 2.11 bits per heavy atom. The fourth-order valence-corrected chi connectivity index (χ4v) is 5.31. The van der Waals surface area contributed by atoms with E-state index in [1.54, 1.807) is 18.2 Å². The van der Waals surface area contributed by atoms with Gasteiger partial charge < -0.3 is 4.90 Å². The van der Waals surface area contributed by atoms with Gasteiger partial charge in [-0.2, -0.15) is 0 Å². The summed E-state index contributed by atoms with van der Waals surface area (Å²) in [5.74, 6) is -0.933. The molecule has 0 N–H and O–H groups in total. The zero-order valence-corrected chi connectivity index (χ0v) is 17.4. The molecule has 7 heteroatoms. The van der Waals surface area contributed by atoms with Gasteiger partial charge in [0.25, 0.3) is 0 Å². The van der Waals surface area contributed by atoms with Gasteiger partial charge in [-0.3, -0.25) is 9.59 Å². The highest BCUT2D eigenvalue weighted by Gasteiger charge is 2.42. The topological polar surface area (TPSA) is 74.8 Å². The third-order valence-corrected chi connectivity index (χ3v) is 7.37. The SMILES string of the molecule is CCCCN(C)S(=O)(=O)C1=C(N2CCCCCC2)C(=O)c2ccccc2C1=O. The van der Waals surface area contributed by atoms with E-state index in [9.17, 15) is 18.0 Å². The Morgan fingerprint density at radius 1 is 0.964 bits per heavy atom. The minimum Gasteiger partial charge on any atom is -0.367 e. The van der Waals surface area contributed by atoms with Gasteiger partial charge in [0, 0.05) is 37.8 Å². The second-order valence-electron chi connectivity index (χ2n) is 7.46. The molecule has 6 nitrogen and oxygen atoms in total. The molecule has 1 aliphatic heterocycles.